The molecular formula is C31H39F5N4O7. The fourth-order valence-corrected chi connectivity index (χ4v) is 5.36. The number of ether oxygens (including phenoxy) is 2. The first-order valence-corrected chi connectivity index (χ1v) is 15.1. The van der Waals surface area contributed by atoms with Crippen molar-refractivity contribution in [3.8, 4) is 0 Å². The fraction of sp³-hybridized carbons (Fsp3) is 0.581. The highest BCUT2D eigenvalue weighted by Gasteiger charge is 2.63. The van der Waals surface area contributed by atoms with E-state index in [0.717, 1.165) is 4.90 Å². The Morgan fingerprint density at radius 3 is 2.00 bits per heavy atom. The minimum atomic E-state index is -6.10. The summed E-state index contributed by atoms with van der Waals surface area (Å²) in [5.41, 5.74) is -0.213. The van der Waals surface area contributed by atoms with Crippen molar-refractivity contribution in [2.45, 2.75) is 71.6 Å². The van der Waals surface area contributed by atoms with E-state index >= 15 is 0 Å². The van der Waals surface area contributed by atoms with E-state index in [1.54, 1.807) is 18.7 Å². The molecule has 16 heteroatoms. The zero-order valence-corrected chi connectivity index (χ0v) is 26.7. The van der Waals surface area contributed by atoms with Crippen molar-refractivity contribution in [2.75, 3.05) is 32.8 Å². The number of hydrogen-bond donors (Lipinski definition) is 2. The number of esters is 1. The molecule has 11 nitrogen and oxygen atoms in total. The number of nitrogens with one attached hydrogen (secondary N) is 2. The van der Waals surface area contributed by atoms with E-state index in [-0.39, 0.29) is 30.9 Å². The second-order valence-corrected chi connectivity index (χ2v) is 11.9. The van der Waals surface area contributed by atoms with Gasteiger partial charge in [-0.05, 0) is 48.9 Å². The predicted molar refractivity (Wildman–Crippen MR) is 157 cm³/mol. The Balaban J connectivity index is 1.79. The Bertz CT molecular complexity index is 1370. The van der Waals surface area contributed by atoms with E-state index in [1.165, 1.54) is 38.1 Å². The molecule has 1 aromatic rings. The van der Waals surface area contributed by atoms with Crippen molar-refractivity contribution < 1.29 is 55.4 Å². The Morgan fingerprint density at radius 1 is 0.915 bits per heavy atom. The molecule has 4 amide bonds. The van der Waals surface area contributed by atoms with Gasteiger partial charge in [-0.15, -0.1) is 0 Å². The number of hydrogen-bond acceptors (Lipinski definition) is 8. The summed E-state index contributed by atoms with van der Waals surface area (Å²) in [7, 11) is 0. The summed E-state index contributed by atoms with van der Waals surface area (Å²) in [6, 6.07) is 3.17. The van der Waals surface area contributed by atoms with Gasteiger partial charge < -0.3 is 24.6 Å². The largest absolute Gasteiger partial charge is 0.461 e. The lowest BCUT2D eigenvalue weighted by Crippen LogP contribution is -2.54. The minimum absolute atomic E-state index is 0.00546. The average molecular weight is 675 g/mol. The molecule has 3 rings (SSSR count). The molecule has 260 valence electrons. The molecular weight excluding hydrogens is 635 g/mol. The number of allylic oxidation sites excluding steroid dienone is 2. The van der Waals surface area contributed by atoms with Crippen molar-refractivity contribution >= 4 is 29.6 Å². The molecule has 2 aliphatic heterocycles. The fourth-order valence-electron chi connectivity index (χ4n) is 5.36. The quantitative estimate of drug-likeness (QED) is 0.218. The van der Waals surface area contributed by atoms with Gasteiger partial charge in [-0.2, -0.15) is 22.0 Å². The summed E-state index contributed by atoms with van der Waals surface area (Å²) in [6.07, 6.45) is -5.91. The summed E-state index contributed by atoms with van der Waals surface area (Å²) < 4.78 is 79.3. The Labute approximate surface area is 268 Å². The molecule has 1 aromatic carbocycles. The SMILES string of the molecule is CC(=O)O/C(=C(\C(C)C)N1CCC[C@H]1C(=O)NC(=O)[C@@H](NC(=O)c1ccc(C(=O)N2CCOCC2)cc1)C(C)C)C(F)(F)C(F)(F)F. The normalized spacial score (nSPS) is 18.5. The van der Waals surface area contributed by atoms with E-state index in [0.29, 0.717) is 38.8 Å². The van der Waals surface area contributed by atoms with Gasteiger partial charge in [0.05, 0.1) is 18.9 Å². The lowest BCUT2D eigenvalue weighted by atomic mass is 10.0. The van der Waals surface area contributed by atoms with E-state index in [9.17, 15) is 45.9 Å². The third-order valence-corrected chi connectivity index (χ3v) is 7.71. The molecule has 0 spiro atoms. The van der Waals surface area contributed by atoms with Crippen LogP contribution in [-0.2, 0) is 23.9 Å². The number of carbonyl (C=O) groups is 5. The number of imide groups is 1. The lowest BCUT2D eigenvalue weighted by Gasteiger charge is -2.34. The highest BCUT2D eigenvalue weighted by molar-refractivity contribution is 6.03. The molecule has 0 bridgehead atoms. The number of halogens is 5. The van der Waals surface area contributed by atoms with Gasteiger partial charge in [-0.1, -0.05) is 27.7 Å². The number of carbonyl (C=O) groups excluding carboxylic acids is 5. The maximum absolute atomic E-state index is 14.7. The van der Waals surface area contributed by atoms with Gasteiger partial charge in [-0.3, -0.25) is 29.3 Å². The summed E-state index contributed by atoms with van der Waals surface area (Å²) in [6.45, 7) is 8.08. The van der Waals surface area contributed by atoms with Crippen molar-refractivity contribution in [3.05, 3.63) is 46.8 Å². The average Bonchev–Trinajstić information content (AvgIpc) is 3.48. The van der Waals surface area contributed by atoms with Crippen LogP contribution in [-0.4, -0.2) is 96.4 Å². The molecule has 2 fully saturated rings. The molecule has 0 saturated carbocycles. The first-order chi connectivity index (χ1) is 21.9. The van der Waals surface area contributed by atoms with E-state index < -0.39 is 71.2 Å². The third kappa shape index (κ3) is 8.84. The Hall–Kier alpha value is -4.08. The highest BCUT2D eigenvalue weighted by Crippen LogP contribution is 2.45. The first-order valence-electron chi connectivity index (χ1n) is 15.1. The molecule has 0 radical (unpaired) electrons. The topological polar surface area (TPSA) is 134 Å². The molecule has 2 saturated heterocycles. The van der Waals surface area contributed by atoms with Crippen LogP contribution in [0.5, 0.6) is 0 Å². The van der Waals surface area contributed by atoms with Crippen LogP contribution in [0.4, 0.5) is 22.0 Å². The molecule has 2 heterocycles. The molecule has 2 atom stereocenters. The zero-order valence-electron chi connectivity index (χ0n) is 26.7. The van der Waals surface area contributed by atoms with E-state index in [4.69, 9.17) is 4.74 Å². The summed E-state index contributed by atoms with van der Waals surface area (Å²) in [5.74, 6) is -13.3. The Kier molecular flexibility index (Phi) is 12.1. The van der Waals surface area contributed by atoms with Crippen molar-refractivity contribution in [3.63, 3.8) is 0 Å². The number of amides is 4. The number of rotatable bonds is 10. The summed E-state index contributed by atoms with van der Waals surface area (Å²) in [4.78, 5) is 66.5. The second kappa shape index (κ2) is 15.2. The van der Waals surface area contributed by atoms with Crippen LogP contribution in [0.2, 0.25) is 0 Å². The van der Waals surface area contributed by atoms with Gasteiger partial charge in [0.25, 0.3) is 11.8 Å². The third-order valence-electron chi connectivity index (χ3n) is 7.71. The minimum Gasteiger partial charge on any atom is -0.422 e. The van der Waals surface area contributed by atoms with Crippen molar-refractivity contribution in [1.29, 1.82) is 0 Å². The Morgan fingerprint density at radius 2 is 1.49 bits per heavy atom. The molecule has 0 aliphatic carbocycles. The van der Waals surface area contributed by atoms with Crippen LogP contribution in [0.25, 0.3) is 0 Å². The predicted octanol–water partition coefficient (Wildman–Crippen LogP) is 3.65. The van der Waals surface area contributed by atoms with Crippen LogP contribution in [0.1, 0.15) is 68.2 Å². The van der Waals surface area contributed by atoms with Gasteiger partial charge in [0.2, 0.25) is 17.6 Å². The van der Waals surface area contributed by atoms with Gasteiger partial charge in [0.15, 0.2) is 0 Å². The van der Waals surface area contributed by atoms with Gasteiger partial charge in [-0.25, -0.2) is 0 Å². The number of morpholine rings is 1. The van der Waals surface area contributed by atoms with E-state index in [2.05, 4.69) is 15.4 Å². The van der Waals surface area contributed by atoms with Crippen molar-refractivity contribution in [1.82, 2.24) is 20.4 Å². The van der Waals surface area contributed by atoms with Gasteiger partial charge >= 0.3 is 18.1 Å². The molecule has 2 N–H and O–H groups in total. The monoisotopic (exact) mass is 674 g/mol. The van der Waals surface area contributed by atoms with E-state index in [1.807, 2.05) is 0 Å². The van der Waals surface area contributed by atoms with Crippen LogP contribution in [0.3, 0.4) is 0 Å². The number of alkyl halides is 5. The number of benzene rings is 1. The van der Waals surface area contributed by atoms with Crippen molar-refractivity contribution in [2.24, 2.45) is 11.8 Å². The lowest BCUT2D eigenvalue weighted by molar-refractivity contribution is -0.276. The van der Waals surface area contributed by atoms with Crippen LogP contribution in [0.15, 0.2) is 35.7 Å². The summed E-state index contributed by atoms with van der Waals surface area (Å²) in [5, 5.41) is 4.71. The van der Waals surface area contributed by atoms with Crippen LogP contribution in [0, 0.1) is 11.8 Å². The van der Waals surface area contributed by atoms with Gasteiger partial charge in [0.1, 0.15) is 12.1 Å². The van der Waals surface area contributed by atoms with Crippen LogP contribution >= 0.6 is 0 Å². The highest BCUT2D eigenvalue weighted by atomic mass is 19.4. The first kappa shape index (κ1) is 37.4. The van der Waals surface area contributed by atoms with Gasteiger partial charge in [0, 0.05) is 37.7 Å². The summed E-state index contributed by atoms with van der Waals surface area (Å²) >= 11 is 0. The molecule has 0 aromatic heterocycles. The maximum atomic E-state index is 14.7. The second-order valence-electron chi connectivity index (χ2n) is 11.9. The smallest absolute Gasteiger partial charge is 0.422 e. The standard InChI is InChI=1S/C31H39F5N4O7/c1-17(2)23(37-26(42)20-8-10-21(11-9-20)29(45)39-13-15-46-16-14-39)28(44)38-27(43)22-7-6-12-40(22)24(18(3)4)25(47-19(5)41)30(32,33)31(34,35)36/h8-11,17-18,22-23H,6-7,12-16H2,1-5H3,(H,37,42)(H,38,43,44)/b25-24+/t22-,23-/m0/s1. The molecule has 47 heavy (non-hydrogen) atoms. The van der Waals surface area contributed by atoms with Crippen LogP contribution < -0.4 is 10.6 Å². The number of likely N-dealkylation sites (tertiary alicyclic amines) is 1. The molecule has 0 unspecified atom stereocenters. The zero-order chi connectivity index (χ0) is 35.3. The maximum Gasteiger partial charge on any atom is 0.461 e. The molecule has 2 aliphatic rings. The number of nitrogens with zero attached hydrogens (tertiary/aromatic N) is 2.